The molecule has 8 heteroatoms. The van der Waals surface area contributed by atoms with Gasteiger partial charge in [-0.1, -0.05) is 88.9 Å². The largest absolute Gasteiger partial charge is 0.484 e. The highest BCUT2D eigenvalue weighted by atomic mass is 79.9. The third-order valence-electron chi connectivity index (χ3n) is 5.95. The van der Waals surface area contributed by atoms with Gasteiger partial charge in [-0.15, -0.1) is 0 Å². The first-order valence-electron chi connectivity index (χ1n) is 12.2. The summed E-state index contributed by atoms with van der Waals surface area (Å²) in [5.41, 5.74) is 2.63. The molecule has 0 aliphatic heterocycles. The second-order valence-corrected chi connectivity index (χ2v) is 10.5. The summed E-state index contributed by atoms with van der Waals surface area (Å²) in [7, 11) is 0. The monoisotopic (exact) mass is 604 g/mol. The number of amides is 2. The zero-order chi connectivity index (χ0) is 26.8. The molecule has 0 radical (unpaired) electrons. The highest BCUT2D eigenvalue weighted by molar-refractivity contribution is 9.10. The van der Waals surface area contributed by atoms with Gasteiger partial charge in [0.2, 0.25) is 5.91 Å². The Hall–Kier alpha value is -2.54. The Bertz CT molecular complexity index is 1210. The van der Waals surface area contributed by atoms with E-state index in [1.54, 1.807) is 29.2 Å². The van der Waals surface area contributed by atoms with Crippen LogP contribution in [0.1, 0.15) is 36.5 Å². The Kier molecular flexibility index (Phi) is 11.3. The average Bonchev–Trinajstić information content (AvgIpc) is 2.88. The van der Waals surface area contributed by atoms with Crippen LogP contribution in [0.15, 0.2) is 71.2 Å². The highest BCUT2D eigenvalue weighted by Crippen LogP contribution is 2.25. The summed E-state index contributed by atoms with van der Waals surface area (Å²) in [6, 6.07) is 19.6. The third kappa shape index (κ3) is 8.77. The second-order valence-electron chi connectivity index (χ2n) is 8.81. The molecule has 0 spiro atoms. The molecule has 1 N–H and O–H groups in total. The minimum Gasteiger partial charge on any atom is -0.484 e. The van der Waals surface area contributed by atoms with E-state index < -0.39 is 6.04 Å². The van der Waals surface area contributed by atoms with Crippen LogP contribution >= 0.6 is 39.1 Å². The number of nitrogens with zero attached hydrogens (tertiary/aromatic N) is 1. The van der Waals surface area contributed by atoms with Crippen LogP contribution in [0.3, 0.4) is 0 Å². The van der Waals surface area contributed by atoms with E-state index in [9.17, 15) is 9.59 Å². The van der Waals surface area contributed by atoms with E-state index in [2.05, 4.69) is 28.2 Å². The molecule has 0 unspecified atom stereocenters. The van der Waals surface area contributed by atoms with Crippen molar-refractivity contribution >= 4 is 50.9 Å². The Labute approximate surface area is 237 Å². The van der Waals surface area contributed by atoms with Crippen LogP contribution in [0.25, 0.3) is 0 Å². The predicted octanol–water partition coefficient (Wildman–Crippen LogP) is 7.00. The molecule has 2 amide bonds. The SMILES string of the molecule is CCCCNC(=O)[C@H](Cc1ccccc1)N(Cc1ccc(Cl)cc1Cl)C(=O)COc1ccc(Br)c(C)c1. The van der Waals surface area contributed by atoms with Gasteiger partial charge in [0.15, 0.2) is 6.61 Å². The van der Waals surface area contributed by atoms with Crippen molar-refractivity contribution in [2.24, 2.45) is 0 Å². The van der Waals surface area contributed by atoms with Gasteiger partial charge in [-0.2, -0.15) is 0 Å². The summed E-state index contributed by atoms with van der Waals surface area (Å²) in [6.07, 6.45) is 2.16. The van der Waals surface area contributed by atoms with Crippen molar-refractivity contribution in [2.45, 2.75) is 45.7 Å². The molecule has 37 heavy (non-hydrogen) atoms. The number of carbonyl (C=O) groups is 2. The number of hydrogen-bond acceptors (Lipinski definition) is 3. The summed E-state index contributed by atoms with van der Waals surface area (Å²) in [5, 5.41) is 3.93. The zero-order valence-electron chi connectivity index (χ0n) is 21.0. The molecular formula is C29H31BrCl2N2O3. The Balaban J connectivity index is 1.92. The maximum atomic E-state index is 13.7. The van der Waals surface area contributed by atoms with Crippen LogP contribution in [0.5, 0.6) is 5.75 Å². The van der Waals surface area contributed by atoms with Crippen LogP contribution in [0.4, 0.5) is 0 Å². The van der Waals surface area contributed by atoms with Crippen molar-refractivity contribution in [3.05, 3.63) is 97.9 Å². The minimum atomic E-state index is -0.756. The number of hydrogen-bond donors (Lipinski definition) is 1. The fraction of sp³-hybridized carbons (Fsp3) is 0.310. The van der Waals surface area contributed by atoms with Crippen molar-refractivity contribution < 1.29 is 14.3 Å². The normalized spacial score (nSPS) is 11.6. The van der Waals surface area contributed by atoms with Gasteiger partial charge >= 0.3 is 0 Å². The molecule has 0 bridgehead atoms. The summed E-state index contributed by atoms with van der Waals surface area (Å²) in [4.78, 5) is 28.7. The molecule has 3 aromatic rings. The Morgan fingerprint density at radius 1 is 1.05 bits per heavy atom. The molecular weight excluding hydrogens is 575 g/mol. The van der Waals surface area contributed by atoms with Gasteiger partial charge < -0.3 is 15.0 Å². The van der Waals surface area contributed by atoms with Crippen LogP contribution < -0.4 is 10.1 Å². The van der Waals surface area contributed by atoms with Crippen LogP contribution in [0, 0.1) is 6.92 Å². The summed E-state index contributed by atoms with van der Waals surface area (Å²) >= 11 is 16.0. The van der Waals surface area contributed by atoms with Crippen LogP contribution in [-0.4, -0.2) is 35.9 Å². The lowest BCUT2D eigenvalue weighted by molar-refractivity contribution is -0.142. The van der Waals surface area contributed by atoms with Crippen molar-refractivity contribution in [1.82, 2.24) is 10.2 Å². The van der Waals surface area contributed by atoms with E-state index in [4.69, 9.17) is 27.9 Å². The van der Waals surface area contributed by atoms with E-state index in [0.29, 0.717) is 34.3 Å². The molecule has 1 atom stereocenters. The standard InChI is InChI=1S/C29H31BrCl2N2O3/c1-3-4-14-33-29(36)27(16-21-8-6-5-7-9-21)34(18-22-10-11-23(31)17-26(22)32)28(35)19-37-24-12-13-25(30)20(2)15-24/h5-13,15,17,27H,3-4,14,16,18-19H2,1-2H3,(H,33,36)/t27-/m0/s1. The lowest BCUT2D eigenvalue weighted by Gasteiger charge is -2.31. The first-order valence-corrected chi connectivity index (χ1v) is 13.8. The van der Waals surface area contributed by atoms with Crippen LogP contribution in [-0.2, 0) is 22.6 Å². The number of halogens is 3. The fourth-order valence-electron chi connectivity index (χ4n) is 3.83. The van der Waals surface area contributed by atoms with Gasteiger partial charge in [0.05, 0.1) is 0 Å². The molecule has 0 saturated carbocycles. The molecule has 0 aromatic heterocycles. The Morgan fingerprint density at radius 2 is 1.81 bits per heavy atom. The maximum Gasteiger partial charge on any atom is 0.261 e. The first kappa shape index (κ1) is 29.0. The zero-order valence-corrected chi connectivity index (χ0v) is 24.1. The van der Waals surface area contributed by atoms with Gasteiger partial charge in [-0.25, -0.2) is 0 Å². The number of ether oxygens (including phenoxy) is 1. The molecule has 0 aliphatic rings. The van der Waals surface area contributed by atoms with E-state index >= 15 is 0 Å². The van der Waals surface area contributed by atoms with E-state index in [0.717, 1.165) is 28.4 Å². The predicted molar refractivity (Wildman–Crippen MR) is 153 cm³/mol. The third-order valence-corrected chi connectivity index (χ3v) is 7.42. The molecule has 0 saturated heterocycles. The number of aryl methyl sites for hydroxylation is 1. The summed E-state index contributed by atoms with van der Waals surface area (Å²) < 4.78 is 6.81. The summed E-state index contributed by atoms with van der Waals surface area (Å²) in [5.74, 6) is 0.0407. The van der Waals surface area contributed by atoms with Crippen molar-refractivity contribution in [1.29, 1.82) is 0 Å². The topological polar surface area (TPSA) is 58.6 Å². The Morgan fingerprint density at radius 3 is 2.49 bits per heavy atom. The number of rotatable bonds is 12. The van der Waals surface area contributed by atoms with E-state index in [1.165, 1.54) is 0 Å². The van der Waals surface area contributed by atoms with E-state index in [-0.39, 0.29) is 25.0 Å². The van der Waals surface area contributed by atoms with Crippen molar-refractivity contribution in [3.8, 4) is 5.75 Å². The van der Waals surface area contributed by atoms with Gasteiger partial charge in [-0.3, -0.25) is 9.59 Å². The number of unbranched alkanes of at least 4 members (excludes halogenated alkanes) is 1. The summed E-state index contributed by atoms with van der Waals surface area (Å²) in [6.45, 7) is 4.46. The lowest BCUT2D eigenvalue weighted by atomic mass is 10.0. The molecule has 0 fully saturated rings. The minimum absolute atomic E-state index is 0.135. The number of benzene rings is 3. The van der Waals surface area contributed by atoms with Gasteiger partial charge in [0.25, 0.3) is 5.91 Å². The van der Waals surface area contributed by atoms with Crippen molar-refractivity contribution in [2.75, 3.05) is 13.2 Å². The smallest absolute Gasteiger partial charge is 0.261 e. The fourth-order valence-corrected chi connectivity index (χ4v) is 4.54. The van der Waals surface area contributed by atoms with Crippen molar-refractivity contribution in [3.63, 3.8) is 0 Å². The molecule has 0 heterocycles. The lowest BCUT2D eigenvalue weighted by Crippen LogP contribution is -2.51. The molecule has 5 nitrogen and oxygen atoms in total. The first-order chi connectivity index (χ1) is 17.8. The van der Waals surface area contributed by atoms with Gasteiger partial charge in [-0.05, 0) is 60.4 Å². The molecule has 3 aromatic carbocycles. The molecule has 196 valence electrons. The number of carbonyl (C=O) groups excluding carboxylic acids is 2. The second kappa shape index (κ2) is 14.4. The highest BCUT2D eigenvalue weighted by Gasteiger charge is 2.31. The molecule has 3 rings (SSSR count). The maximum absolute atomic E-state index is 13.7. The molecule has 0 aliphatic carbocycles. The quantitative estimate of drug-likeness (QED) is 0.226. The van der Waals surface area contributed by atoms with Gasteiger partial charge in [0.1, 0.15) is 11.8 Å². The van der Waals surface area contributed by atoms with Gasteiger partial charge in [0, 0.05) is 34.0 Å². The van der Waals surface area contributed by atoms with E-state index in [1.807, 2.05) is 49.4 Å². The number of nitrogens with one attached hydrogen (secondary N) is 1. The average molecular weight is 606 g/mol. The van der Waals surface area contributed by atoms with Crippen LogP contribution in [0.2, 0.25) is 10.0 Å².